The predicted molar refractivity (Wildman–Crippen MR) is 78.7 cm³/mol. The largest absolute Gasteiger partial charge is 0.504 e. The van der Waals surface area contributed by atoms with E-state index >= 15 is 0 Å². The van der Waals surface area contributed by atoms with E-state index in [1.54, 1.807) is 26.1 Å². The van der Waals surface area contributed by atoms with E-state index in [-0.39, 0.29) is 11.7 Å². The number of carbonyl (C=O) groups excluding carboxylic acids is 1. The Bertz CT molecular complexity index is 652. The first-order valence-electron chi connectivity index (χ1n) is 6.43. The minimum atomic E-state index is -0.207. The number of ether oxygens (including phenoxy) is 1. The van der Waals surface area contributed by atoms with Crippen molar-refractivity contribution in [2.24, 2.45) is 0 Å². The predicted octanol–water partition coefficient (Wildman–Crippen LogP) is 1.40. The van der Waals surface area contributed by atoms with Crippen molar-refractivity contribution >= 4 is 11.7 Å². The second kappa shape index (κ2) is 6.17. The van der Waals surface area contributed by atoms with Crippen LogP contribution in [0.25, 0.3) is 0 Å². The van der Waals surface area contributed by atoms with Crippen LogP contribution < -0.4 is 15.4 Å². The van der Waals surface area contributed by atoms with E-state index in [2.05, 4.69) is 20.8 Å². The maximum Gasteiger partial charge on any atom is 0.256 e. The molecule has 4 N–H and O–H groups in total. The average Bonchev–Trinajstić information content (AvgIpc) is 2.85. The zero-order chi connectivity index (χ0) is 15.4. The van der Waals surface area contributed by atoms with Crippen LogP contribution in [0, 0.1) is 6.92 Å². The second-order valence-electron chi connectivity index (χ2n) is 4.51. The van der Waals surface area contributed by atoms with Gasteiger partial charge in [-0.25, -0.2) is 0 Å². The number of aryl methyl sites for hydroxylation is 1. The summed E-state index contributed by atoms with van der Waals surface area (Å²) in [4.78, 5) is 11.8. The van der Waals surface area contributed by atoms with Crippen molar-refractivity contribution in [2.75, 3.05) is 19.5 Å². The summed E-state index contributed by atoms with van der Waals surface area (Å²) in [5.74, 6) is 0.755. The third kappa shape index (κ3) is 3.07. The Kier molecular flexibility index (Phi) is 4.32. The number of rotatable bonds is 5. The minimum Gasteiger partial charge on any atom is -0.504 e. The number of H-pyrrole nitrogens is 1. The molecule has 1 amide bonds. The zero-order valence-electron chi connectivity index (χ0n) is 12.2. The van der Waals surface area contributed by atoms with Crippen molar-refractivity contribution in [3.8, 4) is 11.5 Å². The molecule has 0 radical (unpaired) electrons. The molecule has 2 aromatic rings. The molecule has 112 valence electrons. The van der Waals surface area contributed by atoms with Gasteiger partial charge in [-0.3, -0.25) is 9.89 Å². The highest BCUT2D eigenvalue weighted by atomic mass is 16.5. The Hall–Kier alpha value is -2.70. The Morgan fingerprint density at radius 3 is 2.86 bits per heavy atom. The first-order chi connectivity index (χ1) is 10.1. The van der Waals surface area contributed by atoms with Crippen LogP contribution in [0.15, 0.2) is 18.2 Å². The number of benzene rings is 1. The van der Waals surface area contributed by atoms with E-state index in [0.29, 0.717) is 29.4 Å². The molecule has 7 heteroatoms. The van der Waals surface area contributed by atoms with E-state index in [1.807, 2.05) is 6.07 Å². The fraction of sp³-hybridized carbons (Fsp3) is 0.286. The van der Waals surface area contributed by atoms with Crippen molar-refractivity contribution < 1.29 is 14.6 Å². The summed E-state index contributed by atoms with van der Waals surface area (Å²) in [6, 6.07) is 5.11. The van der Waals surface area contributed by atoms with Crippen LogP contribution in [0.3, 0.4) is 0 Å². The van der Waals surface area contributed by atoms with Crippen LogP contribution in [-0.2, 0) is 6.54 Å². The molecule has 0 aliphatic carbocycles. The highest BCUT2D eigenvalue weighted by molar-refractivity contribution is 5.99. The molecule has 0 aliphatic rings. The molecular formula is C14H18N4O3. The zero-order valence-corrected chi connectivity index (χ0v) is 12.2. The van der Waals surface area contributed by atoms with Gasteiger partial charge in [0.05, 0.1) is 7.11 Å². The van der Waals surface area contributed by atoms with Crippen molar-refractivity contribution in [3.63, 3.8) is 0 Å². The van der Waals surface area contributed by atoms with Gasteiger partial charge in [0.25, 0.3) is 5.91 Å². The SMILES string of the molecule is CNC(=O)c1c(NCc2ccc(OC)c(O)c2)n[nH]c1C. The normalized spacial score (nSPS) is 10.2. The monoisotopic (exact) mass is 290 g/mol. The lowest BCUT2D eigenvalue weighted by Crippen LogP contribution is -2.19. The van der Waals surface area contributed by atoms with Gasteiger partial charge in [-0.15, -0.1) is 0 Å². The van der Waals surface area contributed by atoms with Crippen LogP contribution in [-0.4, -0.2) is 35.4 Å². The molecule has 7 nitrogen and oxygen atoms in total. The topological polar surface area (TPSA) is 99.3 Å². The lowest BCUT2D eigenvalue weighted by Gasteiger charge is -2.08. The van der Waals surface area contributed by atoms with Gasteiger partial charge >= 0.3 is 0 Å². The Morgan fingerprint density at radius 2 is 2.24 bits per heavy atom. The average molecular weight is 290 g/mol. The Balaban J connectivity index is 2.13. The van der Waals surface area contributed by atoms with Crippen LogP contribution in [0.4, 0.5) is 5.82 Å². The standard InChI is InChI=1S/C14H18N4O3/c1-8-12(14(20)15-2)13(18-17-8)16-7-9-4-5-11(21-3)10(19)6-9/h4-6,19H,7H2,1-3H3,(H,15,20)(H2,16,17,18). The molecule has 0 atom stereocenters. The molecule has 0 saturated carbocycles. The summed E-state index contributed by atoms with van der Waals surface area (Å²) in [6.45, 7) is 2.20. The molecular weight excluding hydrogens is 272 g/mol. The lowest BCUT2D eigenvalue weighted by atomic mass is 10.2. The number of hydrogen-bond donors (Lipinski definition) is 4. The number of nitrogens with one attached hydrogen (secondary N) is 3. The number of anilines is 1. The van der Waals surface area contributed by atoms with E-state index in [0.717, 1.165) is 5.56 Å². The maximum absolute atomic E-state index is 11.8. The summed E-state index contributed by atoms with van der Waals surface area (Å²) in [6.07, 6.45) is 0. The molecule has 21 heavy (non-hydrogen) atoms. The van der Waals surface area contributed by atoms with Crippen molar-refractivity contribution in [1.82, 2.24) is 15.5 Å². The van der Waals surface area contributed by atoms with E-state index in [9.17, 15) is 9.90 Å². The van der Waals surface area contributed by atoms with Crippen molar-refractivity contribution in [2.45, 2.75) is 13.5 Å². The van der Waals surface area contributed by atoms with Gasteiger partial charge in [-0.1, -0.05) is 6.07 Å². The van der Waals surface area contributed by atoms with Gasteiger partial charge in [0.2, 0.25) is 0 Å². The van der Waals surface area contributed by atoms with Gasteiger partial charge in [0, 0.05) is 19.3 Å². The molecule has 0 spiro atoms. The molecule has 0 unspecified atom stereocenters. The van der Waals surface area contributed by atoms with Gasteiger partial charge < -0.3 is 20.5 Å². The van der Waals surface area contributed by atoms with Gasteiger partial charge in [-0.05, 0) is 24.6 Å². The fourth-order valence-electron chi connectivity index (χ4n) is 1.99. The highest BCUT2D eigenvalue weighted by Crippen LogP contribution is 2.26. The lowest BCUT2D eigenvalue weighted by molar-refractivity contribution is 0.0963. The summed E-state index contributed by atoms with van der Waals surface area (Å²) in [7, 11) is 3.06. The number of hydrogen-bond acceptors (Lipinski definition) is 5. The van der Waals surface area contributed by atoms with E-state index in [4.69, 9.17) is 4.74 Å². The Morgan fingerprint density at radius 1 is 1.48 bits per heavy atom. The maximum atomic E-state index is 11.8. The molecule has 1 aromatic carbocycles. The number of aromatic hydroxyl groups is 1. The van der Waals surface area contributed by atoms with E-state index in [1.165, 1.54) is 7.11 Å². The highest BCUT2D eigenvalue weighted by Gasteiger charge is 2.16. The Labute approximate surface area is 122 Å². The third-order valence-corrected chi connectivity index (χ3v) is 3.10. The summed E-state index contributed by atoms with van der Waals surface area (Å²) >= 11 is 0. The van der Waals surface area contributed by atoms with Crippen LogP contribution in [0.2, 0.25) is 0 Å². The molecule has 0 saturated heterocycles. The smallest absolute Gasteiger partial charge is 0.256 e. The van der Waals surface area contributed by atoms with Crippen LogP contribution in [0.1, 0.15) is 21.6 Å². The summed E-state index contributed by atoms with van der Waals surface area (Å²) < 4.78 is 4.99. The first-order valence-corrected chi connectivity index (χ1v) is 6.43. The third-order valence-electron chi connectivity index (χ3n) is 3.10. The minimum absolute atomic E-state index is 0.0709. The second-order valence-corrected chi connectivity index (χ2v) is 4.51. The number of aromatic amines is 1. The molecule has 0 fully saturated rings. The fourth-order valence-corrected chi connectivity index (χ4v) is 1.99. The molecule has 2 rings (SSSR count). The number of phenolic OH excluding ortho intramolecular Hbond substituents is 1. The quantitative estimate of drug-likeness (QED) is 0.667. The number of methoxy groups -OCH3 is 1. The van der Waals surface area contributed by atoms with Crippen molar-refractivity contribution in [3.05, 3.63) is 35.0 Å². The number of nitrogens with zero attached hydrogens (tertiary/aromatic N) is 1. The summed E-state index contributed by atoms with van der Waals surface area (Å²) in [5, 5.41) is 22.2. The van der Waals surface area contributed by atoms with Gasteiger partial charge in [0.1, 0.15) is 5.56 Å². The van der Waals surface area contributed by atoms with E-state index < -0.39 is 0 Å². The molecule has 1 aromatic heterocycles. The van der Waals surface area contributed by atoms with Crippen molar-refractivity contribution in [1.29, 1.82) is 0 Å². The number of amides is 1. The number of phenols is 1. The number of aromatic nitrogens is 2. The van der Waals surface area contributed by atoms with Gasteiger partial charge in [-0.2, -0.15) is 5.10 Å². The molecule has 1 heterocycles. The molecule has 0 bridgehead atoms. The van der Waals surface area contributed by atoms with Gasteiger partial charge in [0.15, 0.2) is 17.3 Å². The molecule has 0 aliphatic heterocycles. The van der Waals surface area contributed by atoms with Crippen LogP contribution in [0.5, 0.6) is 11.5 Å². The number of carbonyl (C=O) groups is 1. The first kappa shape index (κ1) is 14.7. The summed E-state index contributed by atoms with van der Waals surface area (Å²) in [5.41, 5.74) is 2.02. The van der Waals surface area contributed by atoms with Crippen LogP contribution >= 0.6 is 0 Å².